The van der Waals surface area contributed by atoms with Crippen LogP contribution < -0.4 is 0 Å². The van der Waals surface area contributed by atoms with E-state index >= 15 is 26.3 Å². The molecule has 270 valence electrons. The summed E-state index contributed by atoms with van der Waals surface area (Å²) in [6, 6.07) is 0. The molecular formula is C31H44F12O3. The number of ether oxygens (including phenoxy) is 3. The summed E-state index contributed by atoms with van der Waals surface area (Å²) >= 11 is 0. The third-order valence-electron chi connectivity index (χ3n) is 11.8. The van der Waals surface area contributed by atoms with Gasteiger partial charge >= 0.3 is 24.7 Å². The molecular weight excluding hydrogens is 648 g/mol. The van der Waals surface area contributed by atoms with E-state index in [-0.39, 0.29) is 6.61 Å². The molecule has 0 spiro atoms. The smallest absolute Gasteiger partial charge is 0.375 e. The van der Waals surface area contributed by atoms with Crippen molar-refractivity contribution in [1.82, 2.24) is 0 Å². The van der Waals surface area contributed by atoms with Crippen molar-refractivity contribution in [3.63, 3.8) is 0 Å². The van der Waals surface area contributed by atoms with E-state index in [1.54, 1.807) is 27.7 Å². The first-order valence-electron chi connectivity index (χ1n) is 15.4. The summed E-state index contributed by atoms with van der Waals surface area (Å²) in [5.74, 6) is -8.99. The van der Waals surface area contributed by atoms with Gasteiger partial charge in [0.1, 0.15) is 0 Å². The fourth-order valence-corrected chi connectivity index (χ4v) is 11.2. The van der Waals surface area contributed by atoms with Crippen molar-refractivity contribution < 1.29 is 66.9 Å². The normalized spacial score (nSPS) is 38.7. The van der Waals surface area contributed by atoms with E-state index in [0.29, 0.717) is 0 Å². The zero-order valence-corrected chi connectivity index (χ0v) is 27.6. The third-order valence-corrected chi connectivity index (χ3v) is 11.8. The number of alkyl halides is 12. The van der Waals surface area contributed by atoms with Crippen molar-refractivity contribution in [1.29, 1.82) is 0 Å². The van der Waals surface area contributed by atoms with Crippen molar-refractivity contribution in [3.05, 3.63) is 0 Å². The first-order valence-corrected chi connectivity index (χ1v) is 15.4. The Kier molecular flexibility index (Phi) is 8.28. The minimum atomic E-state index is -6.05. The number of rotatable bonds is 4. The Hall–Kier alpha value is -0.960. The van der Waals surface area contributed by atoms with E-state index in [2.05, 4.69) is 0 Å². The summed E-state index contributed by atoms with van der Waals surface area (Å²) in [6.45, 7) is 14.4. The van der Waals surface area contributed by atoms with Crippen LogP contribution in [0.2, 0.25) is 0 Å². The molecule has 0 aromatic rings. The van der Waals surface area contributed by atoms with Gasteiger partial charge in [-0.2, -0.15) is 52.7 Å². The largest absolute Gasteiger partial charge is 0.426 e. The third kappa shape index (κ3) is 5.19. The molecule has 0 radical (unpaired) electrons. The van der Waals surface area contributed by atoms with Crippen molar-refractivity contribution in [2.24, 2.45) is 46.3 Å². The molecule has 3 heterocycles. The summed E-state index contributed by atoms with van der Waals surface area (Å²) in [5.41, 5.74) is -17.1. The fourth-order valence-electron chi connectivity index (χ4n) is 11.2. The molecule has 3 nitrogen and oxygen atoms in total. The van der Waals surface area contributed by atoms with Crippen LogP contribution in [0.3, 0.4) is 0 Å². The molecule has 0 aromatic heterocycles. The van der Waals surface area contributed by atoms with E-state index in [1.807, 2.05) is 0 Å². The molecule has 46 heavy (non-hydrogen) atoms. The fraction of sp³-hybridized carbons (Fsp3) is 1.00. The molecule has 15 heteroatoms. The topological polar surface area (TPSA) is 27.7 Å². The van der Waals surface area contributed by atoms with Gasteiger partial charge in [0.05, 0.1) is 23.4 Å². The quantitative estimate of drug-likeness (QED) is 0.275. The molecule has 0 aromatic carbocycles. The van der Waals surface area contributed by atoms with Crippen LogP contribution in [0.5, 0.6) is 0 Å². The van der Waals surface area contributed by atoms with E-state index in [4.69, 9.17) is 14.2 Å². The molecule has 4 aliphatic rings. The van der Waals surface area contributed by atoms with Gasteiger partial charge in [0.2, 0.25) is 0 Å². The lowest BCUT2D eigenvalue weighted by molar-refractivity contribution is -0.416. The maximum atomic E-state index is 15.1. The molecule has 1 saturated carbocycles. The van der Waals surface area contributed by atoms with Crippen molar-refractivity contribution in [3.8, 4) is 0 Å². The zero-order valence-electron chi connectivity index (χ0n) is 27.6. The molecule has 0 amide bonds. The molecule has 2 bridgehead atoms. The Bertz CT molecular complexity index is 1140. The van der Waals surface area contributed by atoms with Crippen LogP contribution in [0, 0.1) is 46.3 Å². The van der Waals surface area contributed by atoms with E-state index in [9.17, 15) is 26.3 Å². The number of halogens is 12. The monoisotopic (exact) mass is 692 g/mol. The Labute approximate surface area is 261 Å². The Balaban J connectivity index is 1.97. The van der Waals surface area contributed by atoms with Crippen molar-refractivity contribution >= 4 is 0 Å². The summed E-state index contributed by atoms with van der Waals surface area (Å²) in [6.07, 6.45) is -26.7. The second-order valence-electron chi connectivity index (χ2n) is 16.9. The lowest BCUT2D eigenvalue weighted by Crippen LogP contribution is -2.65. The summed E-state index contributed by atoms with van der Waals surface area (Å²) < 4.78 is 193. The second kappa shape index (κ2) is 10.1. The summed E-state index contributed by atoms with van der Waals surface area (Å²) in [7, 11) is 0. The molecule has 7 atom stereocenters. The number of hydrogen-bond acceptors (Lipinski definition) is 3. The highest BCUT2D eigenvalue weighted by molar-refractivity contribution is 5.21. The molecule has 3 aliphatic heterocycles. The van der Waals surface area contributed by atoms with Gasteiger partial charge in [0, 0.05) is 5.92 Å². The average Bonchev–Trinajstić information content (AvgIpc) is 3.23. The Morgan fingerprint density at radius 2 is 1.11 bits per heavy atom. The van der Waals surface area contributed by atoms with Crippen LogP contribution in [0.1, 0.15) is 88.5 Å². The van der Waals surface area contributed by atoms with Crippen LogP contribution in [-0.2, 0) is 14.2 Å². The summed E-state index contributed by atoms with van der Waals surface area (Å²) in [4.78, 5) is 0. The van der Waals surface area contributed by atoms with Gasteiger partial charge in [-0.05, 0) is 94.3 Å². The van der Waals surface area contributed by atoms with Crippen LogP contribution in [0.15, 0.2) is 0 Å². The second-order valence-corrected chi connectivity index (χ2v) is 16.9. The minimum absolute atomic E-state index is 0.165. The Morgan fingerprint density at radius 1 is 0.630 bits per heavy atom. The van der Waals surface area contributed by atoms with Gasteiger partial charge < -0.3 is 14.2 Å². The van der Waals surface area contributed by atoms with E-state index < -0.39 is 118 Å². The average molecular weight is 693 g/mol. The van der Waals surface area contributed by atoms with Gasteiger partial charge in [-0.15, -0.1) is 0 Å². The molecule has 1 aliphatic carbocycles. The predicted octanol–water partition coefficient (Wildman–Crippen LogP) is 10.1. The van der Waals surface area contributed by atoms with E-state index in [0.717, 1.165) is 20.8 Å². The zero-order chi connectivity index (χ0) is 35.9. The summed E-state index contributed by atoms with van der Waals surface area (Å²) in [5, 5.41) is 0. The molecule has 4 rings (SSSR count). The number of hydrogen-bond donors (Lipinski definition) is 0. The first-order chi connectivity index (χ1) is 20.0. The lowest BCUT2D eigenvalue weighted by atomic mass is 9.54. The molecule has 0 N–H and O–H groups in total. The first kappa shape index (κ1) is 37.9. The van der Waals surface area contributed by atoms with Gasteiger partial charge in [-0.1, -0.05) is 34.6 Å². The van der Waals surface area contributed by atoms with Gasteiger partial charge in [0.15, 0.2) is 0 Å². The van der Waals surface area contributed by atoms with Crippen molar-refractivity contribution in [2.45, 2.75) is 141 Å². The standard InChI is InChI=1S/C31H44F12O3/c1-15-16-11-25(10,46-26(12-16,28(32,33)34)29(35,36)37)18(15)19-17(13-21(2,3)20-22(4,5)14-44-24(20,8)9)27(30(38,39)40,31(41,42)43)45-23(19,6)7/h15-20H,11-14H2,1-10H3. The highest BCUT2D eigenvalue weighted by Crippen LogP contribution is 2.72. The maximum absolute atomic E-state index is 15.1. The molecule has 3 saturated heterocycles. The van der Waals surface area contributed by atoms with Crippen LogP contribution >= 0.6 is 0 Å². The SMILES string of the molecule is CC1C2CC(C)(OC(C(F)(F)F)(C(F)(F)F)C2)C1C1C(CC(C)(C)C2C(C)(C)COC2(C)C)C(C(F)(F)F)(C(F)(F)F)OC1(C)C. The predicted molar refractivity (Wildman–Crippen MR) is 142 cm³/mol. The number of fused-ring (bicyclic) bond motifs is 2. The van der Waals surface area contributed by atoms with Gasteiger partial charge in [-0.25, -0.2) is 0 Å². The van der Waals surface area contributed by atoms with Gasteiger partial charge in [0.25, 0.3) is 11.2 Å². The lowest BCUT2D eigenvalue weighted by Gasteiger charge is -2.51. The van der Waals surface area contributed by atoms with Crippen molar-refractivity contribution in [2.75, 3.05) is 6.61 Å². The van der Waals surface area contributed by atoms with Crippen LogP contribution in [0.4, 0.5) is 52.7 Å². The molecule has 4 fully saturated rings. The van der Waals surface area contributed by atoms with Crippen LogP contribution in [0.25, 0.3) is 0 Å². The maximum Gasteiger partial charge on any atom is 0.426 e. The van der Waals surface area contributed by atoms with E-state index in [1.165, 1.54) is 20.8 Å². The van der Waals surface area contributed by atoms with Gasteiger partial charge in [-0.3, -0.25) is 0 Å². The highest BCUT2D eigenvalue weighted by atomic mass is 19.4. The van der Waals surface area contributed by atoms with Crippen LogP contribution in [-0.4, -0.2) is 59.3 Å². The minimum Gasteiger partial charge on any atom is -0.375 e. The molecule has 7 unspecified atom stereocenters. The highest BCUT2D eigenvalue weighted by Gasteiger charge is 2.85. The Morgan fingerprint density at radius 3 is 1.50 bits per heavy atom.